The molecule has 174 valence electrons. The second kappa shape index (κ2) is 10.1. The Kier molecular flexibility index (Phi) is 6.58. The third kappa shape index (κ3) is 4.82. The van der Waals surface area contributed by atoms with Gasteiger partial charge in [-0.05, 0) is 36.1 Å². The van der Waals surface area contributed by atoms with Crippen LogP contribution in [0.5, 0.6) is 0 Å². The van der Waals surface area contributed by atoms with Gasteiger partial charge < -0.3 is 15.2 Å². The molecule has 0 unspecified atom stereocenters. The summed E-state index contributed by atoms with van der Waals surface area (Å²) >= 11 is 0. The van der Waals surface area contributed by atoms with E-state index in [1.54, 1.807) is 0 Å². The molecule has 34 heavy (non-hydrogen) atoms. The third-order valence-corrected chi connectivity index (χ3v) is 6.77. The number of hydrogen-bond acceptors (Lipinski definition) is 3. The number of nitrogens with zero attached hydrogens (tertiary/aromatic N) is 2. The molecule has 5 rings (SSSR count). The fourth-order valence-electron chi connectivity index (χ4n) is 4.98. The smallest absolute Gasteiger partial charge is 0.326 e. The number of amides is 1. The number of rotatable bonds is 7. The van der Waals surface area contributed by atoms with E-state index >= 15 is 0 Å². The number of aromatic nitrogens is 2. The highest BCUT2D eigenvalue weighted by Gasteiger charge is 2.24. The fraction of sp³-hybridized carbons (Fsp3) is 0.286. The lowest BCUT2D eigenvalue weighted by molar-refractivity contribution is -0.122. The number of para-hydroxylation sites is 2. The van der Waals surface area contributed by atoms with Gasteiger partial charge in [-0.1, -0.05) is 72.8 Å². The molecule has 0 saturated carbocycles. The first kappa shape index (κ1) is 22.2. The van der Waals surface area contributed by atoms with E-state index in [4.69, 9.17) is 0 Å². The number of aromatic amines is 1. The number of carbonyl (C=O) groups excluding carboxylic acids is 1. The zero-order valence-electron chi connectivity index (χ0n) is 19.2. The summed E-state index contributed by atoms with van der Waals surface area (Å²) in [6.45, 7) is 2.48. The van der Waals surface area contributed by atoms with E-state index in [1.165, 1.54) is 0 Å². The van der Waals surface area contributed by atoms with Crippen molar-refractivity contribution in [2.24, 2.45) is 0 Å². The van der Waals surface area contributed by atoms with Crippen molar-refractivity contribution in [1.29, 1.82) is 0 Å². The lowest BCUT2D eigenvalue weighted by atomic mass is 9.98. The predicted molar refractivity (Wildman–Crippen MR) is 135 cm³/mol. The van der Waals surface area contributed by atoms with Gasteiger partial charge >= 0.3 is 5.69 Å². The van der Waals surface area contributed by atoms with E-state index in [2.05, 4.69) is 39.5 Å². The Morgan fingerprint density at radius 3 is 2.12 bits per heavy atom. The first-order valence-corrected chi connectivity index (χ1v) is 12.0. The van der Waals surface area contributed by atoms with Gasteiger partial charge in [0.2, 0.25) is 5.91 Å². The third-order valence-electron chi connectivity index (χ3n) is 6.77. The largest absolute Gasteiger partial charge is 0.345 e. The number of hydrogen-bond donors (Lipinski definition) is 2. The number of nitrogens with one attached hydrogen (secondary N) is 2. The Bertz CT molecular complexity index is 1250. The van der Waals surface area contributed by atoms with Gasteiger partial charge in [0, 0.05) is 32.1 Å². The minimum atomic E-state index is -0.158. The second-order valence-corrected chi connectivity index (χ2v) is 8.96. The van der Waals surface area contributed by atoms with Crippen LogP contribution in [0.4, 0.5) is 0 Å². The molecular formula is C28H30N4O2. The van der Waals surface area contributed by atoms with Gasteiger partial charge in [-0.2, -0.15) is 0 Å². The van der Waals surface area contributed by atoms with Crippen LogP contribution in [0, 0.1) is 0 Å². The monoisotopic (exact) mass is 454 g/mol. The van der Waals surface area contributed by atoms with Gasteiger partial charge in [0.05, 0.1) is 17.1 Å². The normalized spacial score (nSPS) is 15.1. The van der Waals surface area contributed by atoms with Crippen LogP contribution in [0.1, 0.15) is 42.5 Å². The average Bonchev–Trinajstić information content (AvgIpc) is 3.23. The van der Waals surface area contributed by atoms with Crippen LogP contribution < -0.4 is 11.0 Å². The molecule has 1 fully saturated rings. The summed E-state index contributed by atoms with van der Waals surface area (Å²) in [7, 11) is 0. The molecular weight excluding hydrogens is 424 g/mol. The molecule has 4 aromatic rings. The zero-order chi connectivity index (χ0) is 23.3. The lowest BCUT2D eigenvalue weighted by Gasteiger charge is -2.32. The van der Waals surface area contributed by atoms with Crippen LogP contribution in [-0.4, -0.2) is 40.0 Å². The van der Waals surface area contributed by atoms with Crippen LogP contribution in [0.3, 0.4) is 0 Å². The lowest BCUT2D eigenvalue weighted by Crippen LogP contribution is -2.39. The summed E-state index contributed by atoms with van der Waals surface area (Å²) in [5.74, 6) is 0.0488. The van der Waals surface area contributed by atoms with Crippen molar-refractivity contribution in [3.05, 3.63) is 107 Å². The number of imidazole rings is 1. The van der Waals surface area contributed by atoms with Gasteiger partial charge in [-0.3, -0.25) is 9.36 Å². The average molecular weight is 455 g/mol. The molecule has 6 nitrogen and oxygen atoms in total. The Morgan fingerprint density at radius 2 is 1.47 bits per heavy atom. The van der Waals surface area contributed by atoms with Crippen molar-refractivity contribution in [2.45, 2.75) is 31.3 Å². The highest BCUT2D eigenvalue weighted by molar-refractivity contribution is 5.77. The molecule has 2 heterocycles. The molecule has 0 bridgehead atoms. The predicted octanol–water partition coefficient (Wildman–Crippen LogP) is 4.26. The Hall–Kier alpha value is -3.64. The van der Waals surface area contributed by atoms with Crippen molar-refractivity contribution in [2.75, 3.05) is 19.6 Å². The molecule has 1 aromatic heterocycles. The molecule has 1 aliphatic heterocycles. The van der Waals surface area contributed by atoms with Crippen molar-refractivity contribution >= 4 is 16.9 Å². The molecule has 0 radical (unpaired) electrons. The summed E-state index contributed by atoms with van der Waals surface area (Å²) in [4.78, 5) is 30.7. The van der Waals surface area contributed by atoms with Crippen molar-refractivity contribution < 1.29 is 4.79 Å². The van der Waals surface area contributed by atoms with Crippen molar-refractivity contribution in [3.8, 4) is 0 Å². The van der Waals surface area contributed by atoms with Crippen LogP contribution in [0.2, 0.25) is 0 Å². The number of fused-ring (bicyclic) bond motifs is 1. The van der Waals surface area contributed by atoms with E-state index in [9.17, 15) is 9.59 Å². The van der Waals surface area contributed by atoms with Gasteiger partial charge in [-0.15, -0.1) is 0 Å². The van der Waals surface area contributed by atoms with Crippen LogP contribution in [0.25, 0.3) is 11.0 Å². The number of piperidine rings is 1. The van der Waals surface area contributed by atoms with Gasteiger partial charge in [0.1, 0.15) is 0 Å². The molecule has 6 heteroatoms. The standard InChI is InChI=1S/C28H30N4O2/c33-26(30-27(21-9-3-1-4-10-21)22-11-5-2-6-12-22)17-20-31-18-15-23(16-19-31)32-25-14-8-7-13-24(25)29-28(32)34/h1-14,23,27H,15-20H2,(H,29,34)(H,30,33). The van der Waals surface area contributed by atoms with Crippen LogP contribution in [0.15, 0.2) is 89.7 Å². The fourth-order valence-corrected chi connectivity index (χ4v) is 4.98. The highest BCUT2D eigenvalue weighted by Crippen LogP contribution is 2.25. The van der Waals surface area contributed by atoms with E-state index in [0.29, 0.717) is 6.42 Å². The molecule has 1 aliphatic rings. The Labute approximate surface area is 199 Å². The van der Waals surface area contributed by atoms with E-state index in [-0.39, 0.29) is 23.7 Å². The van der Waals surface area contributed by atoms with E-state index in [0.717, 1.165) is 54.6 Å². The van der Waals surface area contributed by atoms with Crippen molar-refractivity contribution in [1.82, 2.24) is 19.8 Å². The summed E-state index contributed by atoms with van der Waals surface area (Å²) in [6.07, 6.45) is 2.26. The maximum atomic E-state index is 12.9. The summed E-state index contributed by atoms with van der Waals surface area (Å²) in [6, 6.07) is 28.1. The first-order chi connectivity index (χ1) is 16.7. The quantitative estimate of drug-likeness (QED) is 0.438. The molecule has 2 N–H and O–H groups in total. The second-order valence-electron chi connectivity index (χ2n) is 8.96. The Morgan fingerprint density at radius 1 is 0.882 bits per heavy atom. The minimum absolute atomic E-state index is 0.0353. The molecule has 3 aromatic carbocycles. The number of likely N-dealkylation sites (tertiary alicyclic amines) is 1. The molecule has 1 amide bonds. The Balaban J connectivity index is 1.18. The number of H-pyrrole nitrogens is 1. The van der Waals surface area contributed by atoms with Gasteiger partial charge in [0.15, 0.2) is 0 Å². The van der Waals surface area contributed by atoms with Crippen LogP contribution in [-0.2, 0) is 4.79 Å². The zero-order valence-corrected chi connectivity index (χ0v) is 19.2. The molecule has 0 atom stereocenters. The van der Waals surface area contributed by atoms with Gasteiger partial charge in [0.25, 0.3) is 0 Å². The SMILES string of the molecule is O=C(CCN1CCC(n2c(=O)[nH]c3ccccc32)CC1)NC(c1ccccc1)c1ccccc1. The number of benzene rings is 3. The number of carbonyl (C=O) groups is 1. The van der Waals surface area contributed by atoms with E-state index in [1.807, 2.05) is 65.2 Å². The molecule has 1 saturated heterocycles. The summed E-state index contributed by atoms with van der Waals surface area (Å²) < 4.78 is 1.91. The minimum Gasteiger partial charge on any atom is -0.345 e. The summed E-state index contributed by atoms with van der Waals surface area (Å²) in [5, 5.41) is 3.23. The van der Waals surface area contributed by atoms with Crippen molar-refractivity contribution in [3.63, 3.8) is 0 Å². The first-order valence-electron chi connectivity index (χ1n) is 12.0. The summed E-state index contributed by atoms with van der Waals surface area (Å²) in [5.41, 5.74) is 3.97. The van der Waals surface area contributed by atoms with Gasteiger partial charge in [-0.25, -0.2) is 4.79 Å². The molecule has 0 spiro atoms. The molecule has 0 aliphatic carbocycles. The topological polar surface area (TPSA) is 70.1 Å². The highest BCUT2D eigenvalue weighted by atomic mass is 16.2. The van der Waals surface area contributed by atoms with Crippen LogP contribution >= 0.6 is 0 Å². The van der Waals surface area contributed by atoms with E-state index < -0.39 is 0 Å². The maximum Gasteiger partial charge on any atom is 0.326 e. The maximum absolute atomic E-state index is 12.9.